The lowest BCUT2D eigenvalue weighted by atomic mass is 10.1. The van der Waals surface area contributed by atoms with Gasteiger partial charge in [-0.25, -0.2) is 0 Å². The number of ether oxygens (including phenoxy) is 1. The highest BCUT2D eigenvalue weighted by atomic mass is 35.5. The van der Waals surface area contributed by atoms with Gasteiger partial charge in [-0.3, -0.25) is 0 Å². The summed E-state index contributed by atoms with van der Waals surface area (Å²) in [5.41, 5.74) is 6.93. The molecule has 0 aromatic heterocycles. The van der Waals surface area contributed by atoms with Gasteiger partial charge in [0.2, 0.25) is 0 Å². The number of rotatable bonds is 4. The summed E-state index contributed by atoms with van der Waals surface area (Å²) in [7, 11) is 0. The summed E-state index contributed by atoms with van der Waals surface area (Å²) in [4.78, 5) is 0. The molecule has 1 atom stereocenters. The van der Waals surface area contributed by atoms with E-state index in [1.165, 1.54) is 0 Å². The maximum Gasteiger partial charge on any atom is 0.122 e. The van der Waals surface area contributed by atoms with Crippen LogP contribution in [-0.2, 0) is 0 Å². The van der Waals surface area contributed by atoms with Gasteiger partial charge in [0.1, 0.15) is 12.4 Å². The highest BCUT2D eigenvalue weighted by Crippen LogP contribution is 2.22. The minimum atomic E-state index is 0.0695. The van der Waals surface area contributed by atoms with Crippen molar-refractivity contribution in [3.8, 4) is 5.75 Å². The molecule has 1 rings (SSSR count). The van der Waals surface area contributed by atoms with Crippen molar-refractivity contribution >= 4 is 11.6 Å². The molecule has 0 amide bonds. The number of halogens is 1. The van der Waals surface area contributed by atoms with Crippen LogP contribution < -0.4 is 10.5 Å². The SMILES string of the molecule is Cc1cc(Cl)ccc1OCC(N)C(C)C. The molecule has 3 heteroatoms. The minimum absolute atomic E-state index is 0.0695. The van der Waals surface area contributed by atoms with Crippen molar-refractivity contribution in [1.82, 2.24) is 0 Å². The summed E-state index contributed by atoms with van der Waals surface area (Å²) in [6, 6.07) is 5.66. The second kappa shape index (κ2) is 5.38. The van der Waals surface area contributed by atoms with Crippen molar-refractivity contribution in [3.63, 3.8) is 0 Å². The largest absolute Gasteiger partial charge is 0.492 e. The fourth-order valence-electron chi connectivity index (χ4n) is 1.15. The van der Waals surface area contributed by atoms with Gasteiger partial charge < -0.3 is 10.5 Å². The Balaban J connectivity index is 2.58. The first-order chi connectivity index (χ1) is 7.00. The molecule has 1 aromatic rings. The van der Waals surface area contributed by atoms with E-state index in [4.69, 9.17) is 22.1 Å². The Hall–Kier alpha value is -0.730. The van der Waals surface area contributed by atoms with Crippen molar-refractivity contribution < 1.29 is 4.74 Å². The summed E-state index contributed by atoms with van der Waals surface area (Å²) < 4.78 is 5.63. The fourth-order valence-corrected chi connectivity index (χ4v) is 1.38. The van der Waals surface area contributed by atoms with Crippen molar-refractivity contribution in [2.45, 2.75) is 26.8 Å². The molecule has 0 aliphatic rings. The van der Waals surface area contributed by atoms with Crippen molar-refractivity contribution in [2.75, 3.05) is 6.61 Å². The first kappa shape index (κ1) is 12.3. The van der Waals surface area contributed by atoms with Gasteiger partial charge in [0.05, 0.1) is 0 Å². The third kappa shape index (κ3) is 3.73. The van der Waals surface area contributed by atoms with Gasteiger partial charge in [-0.2, -0.15) is 0 Å². The number of hydrogen-bond acceptors (Lipinski definition) is 2. The molecule has 0 heterocycles. The summed E-state index contributed by atoms with van der Waals surface area (Å²) >= 11 is 5.85. The average molecular weight is 228 g/mol. The quantitative estimate of drug-likeness (QED) is 0.858. The van der Waals surface area contributed by atoms with E-state index in [1.807, 2.05) is 25.1 Å². The topological polar surface area (TPSA) is 35.2 Å². The van der Waals surface area contributed by atoms with Crippen LogP contribution in [0, 0.1) is 12.8 Å². The van der Waals surface area contributed by atoms with Gasteiger partial charge in [0.15, 0.2) is 0 Å². The Morgan fingerprint density at radius 2 is 2.07 bits per heavy atom. The van der Waals surface area contributed by atoms with Gasteiger partial charge in [-0.1, -0.05) is 25.4 Å². The number of hydrogen-bond donors (Lipinski definition) is 1. The highest BCUT2D eigenvalue weighted by molar-refractivity contribution is 6.30. The van der Waals surface area contributed by atoms with Crippen LogP contribution in [0.1, 0.15) is 19.4 Å². The number of benzene rings is 1. The van der Waals surface area contributed by atoms with Crippen molar-refractivity contribution in [1.29, 1.82) is 0 Å². The molecular formula is C12H18ClNO. The zero-order chi connectivity index (χ0) is 11.4. The van der Waals surface area contributed by atoms with E-state index in [0.717, 1.165) is 16.3 Å². The summed E-state index contributed by atoms with van der Waals surface area (Å²) in [6.07, 6.45) is 0. The molecule has 0 radical (unpaired) electrons. The van der Waals surface area contributed by atoms with Crippen molar-refractivity contribution in [3.05, 3.63) is 28.8 Å². The highest BCUT2D eigenvalue weighted by Gasteiger charge is 2.09. The Morgan fingerprint density at radius 3 is 2.60 bits per heavy atom. The second-order valence-electron chi connectivity index (χ2n) is 4.13. The molecule has 0 aliphatic heterocycles. The van der Waals surface area contributed by atoms with E-state index < -0.39 is 0 Å². The maximum absolute atomic E-state index is 5.89. The lowest BCUT2D eigenvalue weighted by Crippen LogP contribution is -2.33. The molecule has 2 nitrogen and oxygen atoms in total. The third-order valence-corrected chi connectivity index (χ3v) is 2.66. The van der Waals surface area contributed by atoms with Crippen molar-refractivity contribution in [2.24, 2.45) is 11.7 Å². The van der Waals surface area contributed by atoms with E-state index in [9.17, 15) is 0 Å². The molecule has 1 aromatic carbocycles. The van der Waals surface area contributed by atoms with Crippen LogP contribution in [0.25, 0.3) is 0 Å². The Labute approximate surface area is 96.4 Å². The summed E-state index contributed by atoms with van der Waals surface area (Å²) in [5, 5.41) is 0.730. The fraction of sp³-hybridized carbons (Fsp3) is 0.500. The van der Waals surface area contributed by atoms with Crippen LogP contribution in [0.5, 0.6) is 5.75 Å². The van der Waals surface area contributed by atoms with Crippen LogP contribution in [0.2, 0.25) is 5.02 Å². The molecule has 0 fully saturated rings. The zero-order valence-corrected chi connectivity index (χ0v) is 10.2. The maximum atomic E-state index is 5.89. The lowest BCUT2D eigenvalue weighted by molar-refractivity contribution is 0.258. The molecule has 0 aliphatic carbocycles. The number of nitrogens with two attached hydrogens (primary N) is 1. The molecule has 84 valence electrons. The van der Waals surface area contributed by atoms with Crippen LogP contribution in [0.15, 0.2) is 18.2 Å². The molecule has 0 saturated heterocycles. The molecule has 2 N–H and O–H groups in total. The minimum Gasteiger partial charge on any atom is -0.492 e. The van der Waals surface area contributed by atoms with Gasteiger partial charge in [-0.05, 0) is 36.6 Å². The normalized spacial score (nSPS) is 12.9. The van der Waals surface area contributed by atoms with E-state index >= 15 is 0 Å². The molecule has 0 bridgehead atoms. The Kier molecular flexibility index (Phi) is 4.43. The van der Waals surface area contributed by atoms with Crippen LogP contribution in [-0.4, -0.2) is 12.6 Å². The van der Waals surface area contributed by atoms with Crippen LogP contribution >= 0.6 is 11.6 Å². The summed E-state index contributed by atoms with van der Waals surface area (Å²) in [5.74, 6) is 1.29. The Bertz CT molecular complexity index is 325. The zero-order valence-electron chi connectivity index (χ0n) is 9.46. The predicted molar refractivity (Wildman–Crippen MR) is 64.5 cm³/mol. The van der Waals surface area contributed by atoms with Gasteiger partial charge >= 0.3 is 0 Å². The standard InChI is InChI=1S/C12H18ClNO/c1-8(2)11(14)7-15-12-5-4-10(13)6-9(12)3/h4-6,8,11H,7,14H2,1-3H3. The molecular weight excluding hydrogens is 210 g/mol. The van der Waals surface area contributed by atoms with Gasteiger partial charge in [0, 0.05) is 11.1 Å². The molecule has 0 spiro atoms. The third-order valence-electron chi connectivity index (χ3n) is 2.42. The van der Waals surface area contributed by atoms with E-state index in [1.54, 1.807) is 0 Å². The van der Waals surface area contributed by atoms with Gasteiger partial charge in [-0.15, -0.1) is 0 Å². The van der Waals surface area contributed by atoms with Crippen LogP contribution in [0.3, 0.4) is 0 Å². The first-order valence-electron chi connectivity index (χ1n) is 5.15. The molecule has 0 saturated carbocycles. The number of aryl methyl sites for hydroxylation is 1. The van der Waals surface area contributed by atoms with E-state index in [0.29, 0.717) is 12.5 Å². The predicted octanol–water partition coefficient (Wildman–Crippen LogP) is 3.01. The van der Waals surface area contributed by atoms with Crippen LogP contribution in [0.4, 0.5) is 0 Å². The summed E-state index contributed by atoms with van der Waals surface area (Å²) in [6.45, 7) is 6.69. The molecule has 15 heavy (non-hydrogen) atoms. The monoisotopic (exact) mass is 227 g/mol. The van der Waals surface area contributed by atoms with E-state index in [2.05, 4.69) is 13.8 Å². The lowest BCUT2D eigenvalue weighted by Gasteiger charge is -2.17. The smallest absolute Gasteiger partial charge is 0.122 e. The average Bonchev–Trinajstić information content (AvgIpc) is 2.15. The Morgan fingerprint density at radius 1 is 1.40 bits per heavy atom. The van der Waals surface area contributed by atoms with Gasteiger partial charge in [0.25, 0.3) is 0 Å². The first-order valence-corrected chi connectivity index (χ1v) is 5.53. The van der Waals surface area contributed by atoms with E-state index in [-0.39, 0.29) is 6.04 Å². The molecule has 1 unspecified atom stereocenters. The second-order valence-corrected chi connectivity index (χ2v) is 4.57.